The number of aliphatic hydroxyl groups excluding tert-OH is 9. The van der Waals surface area contributed by atoms with Gasteiger partial charge in [-0.05, 0) is 13.8 Å². The smallest absolute Gasteiger partial charge is 0.323 e. The van der Waals surface area contributed by atoms with Gasteiger partial charge in [0.05, 0.1) is 68.9 Å². The summed E-state index contributed by atoms with van der Waals surface area (Å²) in [6.45, 7) is 1.86. The van der Waals surface area contributed by atoms with E-state index in [4.69, 9.17) is 42.4 Å². The zero-order valence-corrected chi connectivity index (χ0v) is 45.2. The molecule has 0 spiro atoms. The molecule has 3 unspecified atom stereocenters. The maximum absolute atomic E-state index is 11.7. The number of aldehydes is 2. The van der Waals surface area contributed by atoms with Crippen molar-refractivity contribution < 1.29 is 88.9 Å². The Morgan fingerprint density at radius 1 is 0.600 bits per heavy atom. The number of hydrogen-bond donors (Lipinski definition) is 15. The monoisotopic (exact) mass is 1270 g/mol. The van der Waals surface area contributed by atoms with Gasteiger partial charge in [-0.2, -0.15) is 40.1 Å². The van der Waals surface area contributed by atoms with Crippen molar-refractivity contribution in [3.63, 3.8) is 0 Å². The summed E-state index contributed by atoms with van der Waals surface area (Å²) in [4.78, 5) is 90.9. The summed E-state index contributed by atoms with van der Waals surface area (Å²) < 4.78 is 27.6. The Kier molecular flexibility index (Phi) is 25.4. The lowest BCUT2D eigenvalue weighted by Crippen LogP contribution is -2.33. The van der Waals surface area contributed by atoms with Crippen molar-refractivity contribution >= 4 is 87.1 Å². The number of Topliss-reactive ketones (excluding diaryl/α,β-unsaturated/α-hetero) is 1. The molecule has 11 heterocycles. The minimum Gasteiger partial charge on any atom is -0.465 e. The second kappa shape index (κ2) is 31.2. The number of carbonyl (C=O) groups excluding carboxylic acids is 5. The van der Waals surface area contributed by atoms with Crippen LogP contribution >= 0.6 is 0 Å². The molecule has 8 aromatic rings. The molecule has 40 nitrogen and oxygen atoms in total. The number of nitrogen functional groups attached to an aromatic ring is 4. The van der Waals surface area contributed by atoms with Gasteiger partial charge in [0.1, 0.15) is 84.1 Å². The quantitative estimate of drug-likeness (QED) is 0.0115. The third kappa shape index (κ3) is 14.6. The number of imidazole rings is 3. The van der Waals surface area contributed by atoms with Crippen molar-refractivity contribution in [1.29, 1.82) is 0 Å². The first-order chi connectivity index (χ1) is 41.2. The number of aliphatic hydroxyl groups is 9. The van der Waals surface area contributed by atoms with Crippen LogP contribution in [0.3, 0.4) is 0 Å². The van der Waals surface area contributed by atoms with Gasteiger partial charge in [-0.3, -0.25) is 33.5 Å². The van der Waals surface area contributed by atoms with Gasteiger partial charge >= 0.3 is 5.97 Å². The second-order valence-corrected chi connectivity index (χ2v) is 18.6. The van der Waals surface area contributed by atoms with Gasteiger partial charge in [-0.15, -0.1) is 0 Å². The van der Waals surface area contributed by atoms with Crippen molar-refractivity contribution in [2.75, 3.05) is 56.1 Å². The largest absolute Gasteiger partial charge is 0.465 e. The van der Waals surface area contributed by atoms with Crippen LogP contribution in [0.25, 0.3) is 45.4 Å². The number of hydrogen-bond acceptors (Lipinski definition) is 34. The minimum absolute atomic E-state index is 0. The predicted molar refractivity (Wildman–Crippen MR) is 313 cm³/mol. The molecule has 11 rings (SSSR count). The van der Waals surface area contributed by atoms with E-state index in [0.29, 0.717) is 16.6 Å². The Bertz CT molecular complexity index is 3720. The number of nitrogens with zero attached hydrogens (tertiary/aromatic N) is 16. The SMILES string of the molecule is C.C.C.C.CC(=O)c1cnn(-c2nc(N)c3ncn(C4O[C@H](CO)[C@@H](O)[C@H]4O)c3n2)c1.CCOC(=O)C(C=O)C=O.CNC(=O)c1cnn(-c2nc(N)c3ncn(C4O[C@H](CO)[C@@H](O)[C@H]4O)c3n2)c1.NNc1nc(N)c2ncn(C3O[C@H](CO)[C@@H](O)[C@H]3O)c2n1. The topological polar surface area (TPSA) is 599 Å². The summed E-state index contributed by atoms with van der Waals surface area (Å²) in [5.41, 5.74) is 22.2. The van der Waals surface area contributed by atoms with Crippen LogP contribution in [0.15, 0.2) is 43.8 Å². The van der Waals surface area contributed by atoms with Gasteiger partial charge in [-0.25, -0.2) is 30.2 Å². The lowest BCUT2D eigenvalue weighted by Gasteiger charge is -2.16. The number of ketones is 1. The molecule has 0 bridgehead atoms. The first kappa shape index (κ1) is 73.2. The Morgan fingerprint density at radius 2 is 0.967 bits per heavy atom. The van der Waals surface area contributed by atoms with E-state index >= 15 is 0 Å². The molecular formula is C50H74N22O18. The molecule has 0 saturated carbocycles. The molecule has 0 radical (unpaired) electrons. The molecule has 12 atom stereocenters. The first-order valence-electron chi connectivity index (χ1n) is 25.4. The molecule has 90 heavy (non-hydrogen) atoms. The average Bonchev–Trinajstić information content (AvgIpc) is 1.64. The molecule has 19 N–H and O–H groups in total. The number of esters is 1. The molecular weight excluding hydrogens is 1200 g/mol. The van der Waals surface area contributed by atoms with E-state index in [2.05, 4.69) is 70.5 Å². The molecule has 3 aliphatic heterocycles. The van der Waals surface area contributed by atoms with Crippen LogP contribution < -0.4 is 33.8 Å². The van der Waals surface area contributed by atoms with E-state index in [1.165, 1.54) is 80.8 Å². The molecule has 3 fully saturated rings. The molecule has 0 aromatic carbocycles. The fourth-order valence-corrected chi connectivity index (χ4v) is 8.64. The molecule has 40 heteroatoms. The highest BCUT2D eigenvalue weighted by molar-refractivity contribution is 6.02. The van der Waals surface area contributed by atoms with Gasteiger partial charge in [0.15, 0.2) is 64.8 Å². The van der Waals surface area contributed by atoms with Crippen molar-refractivity contribution in [3.05, 3.63) is 54.9 Å². The van der Waals surface area contributed by atoms with E-state index in [1.54, 1.807) is 6.92 Å². The van der Waals surface area contributed by atoms with Crippen molar-refractivity contribution in [1.82, 2.24) is 83.4 Å². The van der Waals surface area contributed by atoms with E-state index in [-0.39, 0.29) is 124 Å². The van der Waals surface area contributed by atoms with Gasteiger partial charge < -0.3 is 97.0 Å². The second-order valence-electron chi connectivity index (χ2n) is 18.6. The highest BCUT2D eigenvalue weighted by Crippen LogP contribution is 2.35. The van der Waals surface area contributed by atoms with Crippen LogP contribution in [0.4, 0.5) is 23.4 Å². The fraction of sp³-hybridized carbons (Fsp3) is 0.480. The molecule has 3 aliphatic rings. The Labute approximate surface area is 510 Å². The zero-order chi connectivity index (χ0) is 62.4. The standard InChI is InChI=1S/C15H18N8O5.C15H17N7O5.C10H15N7O4.C6H8O4.4CH4/c1-17-13(27)6-2-19-23(3-6)15-20-11(16)8-12(21-15)22(5-18-8)14-10(26)9(25)7(4-24)28-14;1-6(24)7-2-18-22(3-7)15-19-12(16)9-13(20-15)21(5-17-9)14-11(26)10(25)8(4-23)27-14;11-7-4-8(15-10(14-7)16-12)17(2-13-4)9-6(20)5(19)3(1-18)21-9;1-2-10-6(9)5(3-7)4-8;;;;/h2-3,5,7,9-10,14,24-26H,4H2,1H3,(H,17,27)(H2,16,20,21);2-3,5,8,10-11,14,23,25-26H,4H2,1H3,(H2,16,19,20);2-3,5-6,9,18-20H,1,12H2,(H3,11,14,15,16);3-5H,2H2,1H3;4*1H4/t7-,9-,10-,14?;8-,10-,11-,14?;3-,5-,6-,9?;;;;;/m111...../s1. The van der Waals surface area contributed by atoms with Crippen LogP contribution in [-0.4, -0.2) is 243 Å². The molecule has 0 aliphatic carbocycles. The van der Waals surface area contributed by atoms with Crippen LogP contribution in [0.5, 0.6) is 0 Å². The lowest BCUT2D eigenvalue weighted by atomic mass is 10.1. The van der Waals surface area contributed by atoms with Gasteiger partial charge in [0, 0.05) is 19.4 Å². The van der Waals surface area contributed by atoms with Crippen LogP contribution in [0.2, 0.25) is 0 Å². The highest BCUT2D eigenvalue weighted by atomic mass is 16.6. The summed E-state index contributed by atoms with van der Waals surface area (Å²) in [6, 6.07) is 0. The van der Waals surface area contributed by atoms with E-state index < -0.39 is 105 Å². The van der Waals surface area contributed by atoms with Crippen molar-refractivity contribution in [3.8, 4) is 11.9 Å². The summed E-state index contributed by atoms with van der Waals surface area (Å²) in [5, 5.41) is 98.5. The molecule has 492 valence electrons. The summed E-state index contributed by atoms with van der Waals surface area (Å²) >= 11 is 0. The van der Waals surface area contributed by atoms with Gasteiger partial charge in [0.2, 0.25) is 5.95 Å². The summed E-state index contributed by atoms with van der Waals surface area (Å²) in [5.74, 6) is 3.23. The number of hydrazine groups is 1. The van der Waals surface area contributed by atoms with E-state index in [1.807, 2.05) is 0 Å². The number of aromatic nitrogens is 16. The number of fused-ring (bicyclic) bond motifs is 3. The van der Waals surface area contributed by atoms with Gasteiger partial charge in [-0.1, -0.05) is 29.7 Å². The number of nitrogens with two attached hydrogens (primary N) is 4. The predicted octanol–water partition coefficient (Wildman–Crippen LogP) is -4.61. The normalized spacial score (nSPS) is 23.1. The number of nitrogens with one attached hydrogen (secondary N) is 2. The Balaban J connectivity index is 0.000000264. The number of ether oxygens (including phenoxy) is 4. The van der Waals surface area contributed by atoms with Crippen molar-refractivity contribution in [2.24, 2.45) is 11.8 Å². The number of rotatable bonds is 15. The summed E-state index contributed by atoms with van der Waals surface area (Å²) in [6.07, 6.45) is -3.18. The van der Waals surface area contributed by atoms with Gasteiger partial charge in [0.25, 0.3) is 17.8 Å². The number of carbonyl (C=O) groups is 5. The van der Waals surface area contributed by atoms with E-state index in [9.17, 15) is 64.8 Å². The molecule has 8 aromatic heterocycles. The lowest BCUT2D eigenvalue weighted by molar-refractivity contribution is -0.150. The maximum Gasteiger partial charge on any atom is 0.323 e. The molecule has 1 amide bonds. The van der Waals surface area contributed by atoms with Crippen molar-refractivity contribution in [2.45, 2.75) is 117 Å². The average molecular weight is 1270 g/mol. The summed E-state index contributed by atoms with van der Waals surface area (Å²) in [7, 11) is 1.50. The minimum atomic E-state index is -1.31. The van der Waals surface area contributed by atoms with Crippen LogP contribution in [0.1, 0.15) is 83.0 Å². The first-order valence-corrected chi connectivity index (χ1v) is 25.4. The van der Waals surface area contributed by atoms with Crippen LogP contribution in [0, 0.1) is 5.92 Å². The number of anilines is 4. The molecule has 3 saturated heterocycles. The highest BCUT2D eigenvalue weighted by Gasteiger charge is 2.46. The maximum atomic E-state index is 11.7. The third-order valence-electron chi connectivity index (χ3n) is 13.1. The Morgan fingerprint density at radius 3 is 1.29 bits per heavy atom. The van der Waals surface area contributed by atoms with E-state index in [0.717, 1.165) is 0 Å². The number of amides is 1. The fourth-order valence-electron chi connectivity index (χ4n) is 8.64. The Hall–Kier alpha value is -9.30. The zero-order valence-electron chi connectivity index (χ0n) is 45.2. The third-order valence-corrected chi connectivity index (χ3v) is 13.1. The van der Waals surface area contributed by atoms with Crippen LogP contribution in [-0.2, 0) is 33.3 Å².